The van der Waals surface area contributed by atoms with Crippen LogP contribution in [0.4, 0.5) is 17.5 Å². The Balaban J connectivity index is 0.000000293. The van der Waals surface area contributed by atoms with E-state index < -0.39 is 11.0 Å². The van der Waals surface area contributed by atoms with Crippen molar-refractivity contribution in [1.29, 1.82) is 0 Å². The van der Waals surface area contributed by atoms with Crippen LogP contribution in [0.25, 0.3) is 0 Å². The summed E-state index contributed by atoms with van der Waals surface area (Å²) in [7, 11) is 0.751. The summed E-state index contributed by atoms with van der Waals surface area (Å²) in [5.74, 6) is 2.16. The number of nitrogens with two attached hydrogens (primary N) is 1. The lowest BCUT2D eigenvalue weighted by Gasteiger charge is -2.19. The van der Waals surface area contributed by atoms with E-state index in [-0.39, 0.29) is 18.2 Å². The number of nitrogens with one attached hydrogen (secondary N) is 2. The molecule has 10 nitrogen and oxygen atoms in total. The minimum Gasteiger partial charge on any atom is -0.373 e. The number of aromatic nitrogens is 4. The van der Waals surface area contributed by atoms with Crippen LogP contribution >= 0.6 is 11.6 Å². The predicted octanol–water partition coefficient (Wildman–Crippen LogP) is 2.23. The van der Waals surface area contributed by atoms with E-state index >= 15 is 0 Å². The van der Waals surface area contributed by atoms with Gasteiger partial charge in [0.2, 0.25) is 5.95 Å². The molecule has 2 aromatic heterocycles. The van der Waals surface area contributed by atoms with Crippen molar-refractivity contribution in [3.05, 3.63) is 23.6 Å². The van der Waals surface area contributed by atoms with Gasteiger partial charge in [-0.15, -0.1) is 0 Å². The fourth-order valence-electron chi connectivity index (χ4n) is 3.31. The van der Waals surface area contributed by atoms with E-state index in [1.807, 2.05) is 20.2 Å². The topological polar surface area (TPSA) is 129 Å². The average molecular weight is 472 g/mol. The van der Waals surface area contributed by atoms with Crippen molar-refractivity contribution in [2.24, 2.45) is 18.1 Å². The van der Waals surface area contributed by atoms with Gasteiger partial charge in [-0.05, 0) is 12.3 Å². The number of anilines is 3. The van der Waals surface area contributed by atoms with Crippen LogP contribution in [0.5, 0.6) is 0 Å². The Bertz CT molecular complexity index is 884. The van der Waals surface area contributed by atoms with Crippen LogP contribution < -0.4 is 15.8 Å². The second kappa shape index (κ2) is 11.2. The van der Waals surface area contributed by atoms with Gasteiger partial charge in [-0.25, -0.2) is 9.19 Å². The largest absolute Gasteiger partial charge is 0.373 e. The van der Waals surface area contributed by atoms with Gasteiger partial charge in [-0.2, -0.15) is 10.1 Å². The van der Waals surface area contributed by atoms with Crippen LogP contribution in [0, 0.1) is 5.92 Å². The molecule has 0 aliphatic carbocycles. The molecule has 2 aromatic rings. The molecule has 5 unspecified atom stereocenters. The summed E-state index contributed by atoms with van der Waals surface area (Å²) in [5.41, 5.74) is 0.809. The van der Waals surface area contributed by atoms with E-state index in [2.05, 4.69) is 32.6 Å². The molecule has 0 spiro atoms. The summed E-state index contributed by atoms with van der Waals surface area (Å²) in [6.07, 6.45) is 7.33. The fraction of sp³-hybridized carbons (Fsp3) is 0.632. The summed E-state index contributed by atoms with van der Waals surface area (Å²) < 4.78 is 23.5. The van der Waals surface area contributed by atoms with Gasteiger partial charge >= 0.3 is 0 Å². The number of ether oxygens (including phenoxy) is 2. The molecule has 4 heterocycles. The van der Waals surface area contributed by atoms with E-state index in [4.69, 9.17) is 26.2 Å². The Hall–Kier alpha value is -1.79. The molecule has 4 N–H and O–H groups in total. The Labute approximate surface area is 189 Å². The highest BCUT2D eigenvalue weighted by molar-refractivity contribution is 7.82. The van der Waals surface area contributed by atoms with Gasteiger partial charge in [-0.3, -0.25) is 9.82 Å². The fourth-order valence-corrected chi connectivity index (χ4v) is 4.25. The molecular weight excluding hydrogens is 442 g/mol. The molecule has 172 valence electrons. The van der Waals surface area contributed by atoms with Crippen molar-refractivity contribution < 1.29 is 13.7 Å². The van der Waals surface area contributed by atoms with Crippen molar-refractivity contribution in [3.63, 3.8) is 0 Å². The maximum absolute atomic E-state index is 10.3. The highest BCUT2D eigenvalue weighted by Crippen LogP contribution is 2.30. The first-order valence-corrected chi connectivity index (χ1v) is 12.0. The predicted molar refractivity (Wildman–Crippen MR) is 122 cm³/mol. The monoisotopic (exact) mass is 471 g/mol. The quantitative estimate of drug-likeness (QED) is 0.560. The number of hydrogen-bond acceptors (Lipinski definition) is 8. The number of aryl methyl sites for hydroxylation is 1. The second-order valence-corrected chi connectivity index (χ2v) is 9.23. The van der Waals surface area contributed by atoms with E-state index in [0.29, 0.717) is 35.1 Å². The van der Waals surface area contributed by atoms with Gasteiger partial charge in [0.15, 0.2) is 5.82 Å². The normalized spacial score (nSPS) is 24.1. The van der Waals surface area contributed by atoms with Gasteiger partial charge < -0.3 is 20.1 Å². The molecule has 31 heavy (non-hydrogen) atoms. The first-order chi connectivity index (χ1) is 14.9. The molecule has 0 aromatic carbocycles. The standard InChI is InChI=1S/C14H17ClN6O2.C5H13NOS/c1-21-6-8(4-17-21)18-14-16-5-9(15)13(20-14)19-10-7-23-11-2-3-22-12(10)11;1-3-5(2)4-8(6)7/h4-6,10-12H,2-3,7H2,1H3,(H2,16,18,19,20);5H,3-4,6H2,1-2H3. The highest BCUT2D eigenvalue weighted by atomic mass is 35.5. The number of fused-ring (bicyclic) bond motifs is 1. The van der Waals surface area contributed by atoms with Crippen molar-refractivity contribution >= 4 is 40.0 Å². The first-order valence-electron chi connectivity index (χ1n) is 10.3. The molecule has 0 amide bonds. The van der Waals surface area contributed by atoms with Crippen LogP contribution in [-0.2, 0) is 27.5 Å². The number of halogens is 1. The maximum atomic E-state index is 10.3. The molecule has 2 saturated heterocycles. The summed E-state index contributed by atoms with van der Waals surface area (Å²) in [6, 6.07) is 0.0427. The third-order valence-electron chi connectivity index (χ3n) is 5.14. The van der Waals surface area contributed by atoms with Gasteiger partial charge in [-0.1, -0.05) is 31.9 Å². The van der Waals surface area contributed by atoms with Crippen LogP contribution in [-0.4, -0.2) is 61.2 Å². The van der Waals surface area contributed by atoms with Gasteiger partial charge in [0.05, 0.1) is 47.8 Å². The third kappa shape index (κ3) is 6.84. The number of rotatable bonds is 7. The van der Waals surface area contributed by atoms with Crippen molar-refractivity contribution in [1.82, 2.24) is 19.7 Å². The number of nitrogens with zero attached hydrogens (tertiary/aromatic N) is 4. The van der Waals surface area contributed by atoms with Crippen LogP contribution in [0.2, 0.25) is 5.02 Å². The van der Waals surface area contributed by atoms with E-state index in [1.54, 1.807) is 17.1 Å². The molecule has 2 fully saturated rings. The van der Waals surface area contributed by atoms with Gasteiger partial charge in [0, 0.05) is 25.6 Å². The smallest absolute Gasteiger partial charge is 0.229 e. The molecule has 2 aliphatic heterocycles. The zero-order valence-electron chi connectivity index (χ0n) is 18.0. The SMILES string of the molecule is CCC(C)CS(N)=O.Cn1cc(Nc2ncc(Cl)c(NC3COC4CCOC34)n2)cn1. The third-order valence-corrected chi connectivity index (χ3v) is 6.31. The zero-order valence-corrected chi connectivity index (χ0v) is 19.5. The Morgan fingerprint density at radius 1 is 1.42 bits per heavy atom. The average Bonchev–Trinajstić information content (AvgIpc) is 3.43. The molecule has 12 heteroatoms. The number of hydrogen-bond donors (Lipinski definition) is 3. The minimum absolute atomic E-state index is 0.0427. The van der Waals surface area contributed by atoms with E-state index in [9.17, 15) is 4.21 Å². The van der Waals surface area contributed by atoms with Crippen molar-refractivity contribution in [2.75, 3.05) is 29.6 Å². The van der Waals surface area contributed by atoms with E-state index in [0.717, 1.165) is 25.1 Å². The van der Waals surface area contributed by atoms with Crippen molar-refractivity contribution in [2.45, 2.75) is 44.9 Å². The summed E-state index contributed by atoms with van der Waals surface area (Å²) in [4.78, 5) is 8.63. The summed E-state index contributed by atoms with van der Waals surface area (Å²) in [5, 5.41) is 16.0. The molecule has 0 radical (unpaired) electrons. The van der Waals surface area contributed by atoms with Crippen LogP contribution in [0.15, 0.2) is 18.6 Å². The zero-order chi connectivity index (χ0) is 22.4. The Morgan fingerprint density at radius 2 is 2.23 bits per heavy atom. The Morgan fingerprint density at radius 3 is 2.87 bits per heavy atom. The molecule has 4 rings (SSSR count). The lowest BCUT2D eigenvalue weighted by atomic mass is 10.1. The van der Waals surface area contributed by atoms with Gasteiger partial charge in [0.1, 0.15) is 11.1 Å². The highest BCUT2D eigenvalue weighted by Gasteiger charge is 2.42. The van der Waals surface area contributed by atoms with Gasteiger partial charge in [0.25, 0.3) is 0 Å². The van der Waals surface area contributed by atoms with Crippen LogP contribution in [0.1, 0.15) is 26.7 Å². The minimum atomic E-state index is -1.10. The summed E-state index contributed by atoms with van der Waals surface area (Å²) in [6.45, 7) is 5.43. The molecule has 0 bridgehead atoms. The van der Waals surface area contributed by atoms with Crippen molar-refractivity contribution in [3.8, 4) is 0 Å². The summed E-state index contributed by atoms with van der Waals surface area (Å²) >= 11 is 6.21. The van der Waals surface area contributed by atoms with E-state index in [1.165, 1.54) is 0 Å². The maximum Gasteiger partial charge on any atom is 0.229 e. The first kappa shape index (κ1) is 23.9. The lowest BCUT2D eigenvalue weighted by molar-refractivity contribution is 0.0718. The van der Waals surface area contributed by atoms with Crippen LogP contribution in [0.3, 0.4) is 0 Å². The molecule has 5 atom stereocenters. The molecule has 2 aliphatic rings. The Kier molecular flexibility index (Phi) is 8.61. The molecular formula is C19H30ClN7O3S. The molecule has 0 saturated carbocycles. The lowest BCUT2D eigenvalue weighted by Crippen LogP contribution is -2.34. The second-order valence-electron chi connectivity index (χ2n) is 7.73.